The zero-order chi connectivity index (χ0) is 20.9. The molecule has 3 atom stereocenters. The molecule has 28 heavy (non-hydrogen) atoms. The molecule has 2 aromatic rings. The van der Waals surface area contributed by atoms with Crippen LogP contribution in [-0.4, -0.2) is 39.4 Å². The maximum Gasteiger partial charge on any atom is 0.243 e. The number of aromatic nitrogens is 1. The average molecular weight is 383 g/mol. The minimum atomic E-state index is -0.654. The van der Waals surface area contributed by atoms with Gasteiger partial charge in [-0.3, -0.25) is 4.79 Å². The van der Waals surface area contributed by atoms with Gasteiger partial charge in [0, 0.05) is 18.8 Å². The summed E-state index contributed by atoms with van der Waals surface area (Å²) in [4.78, 5) is 12.9. The minimum absolute atomic E-state index is 0.154. The van der Waals surface area contributed by atoms with E-state index in [1.54, 1.807) is 23.6 Å². The van der Waals surface area contributed by atoms with Gasteiger partial charge in [0.25, 0.3) is 0 Å². The van der Waals surface area contributed by atoms with Crippen LogP contribution in [0.1, 0.15) is 45.7 Å². The average Bonchev–Trinajstić information content (AvgIpc) is 3.12. The molecule has 0 fully saturated rings. The molecule has 0 radical (unpaired) electrons. The van der Waals surface area contributed by atoms with Gasteiger partial charge in [-0.05, 0) is 41.7 Å². The molecule has 0 aliphatic carbocycles. The van der Waals surface area contributed by atoms with Gasteiger partial charge in [-0.15, -0.1) is 0 Å². The van der Waals surface area contributed by atoms with Crippen molar-refractivity contribution in [1.29, 1.82) is 5.26 Å². The monoisotopic (exact) mass is 383 g/mol. The lowest BCUT2D eigenvalue weighted by molar-refractivity contribution is -0.127. The van der Waals surface area contributed by atoms with Gasteiger partial charge in [0.05, 0.1) is 30.4 Å². The number of aliphatic hydroxyl groups is 2. The van der Waals surface area contributed by atoms with E-state index in [0.29, 0.717) is 5.56 Å². The van der Waals surface area contributed by atoms with E-state index >= 15 is 0 Å². The van der Waals surface area contributed by atoms with E-state index in [4.69, 9.17) is 5.26 Å². The number of benzene rings is 1. The summed E-state index contributed by atoms with van der Waals surface area (Å²) in [5.74, 6) is -0.239. The van der Waals surface area contributed by atoms with E-state index in [1.807, 2.05) is 51.4 Å². The van der Waals surface area contributed by atoms with E-state index < -0.39 is 12.1 Å². The maximum absolute atomic E-state index is 12.9. The molecule has 0 saturated carbocycles. The third-order valence-electron chi connectivity index (χ3n) is 4.83. The zero-order valence-electron chi connectivity index (χ0n) is 16.9. The van der Waals surface area contributed by atoms with E-state index in [9.17, 15) is 15.0 Å². The first kappa shape index (κ1) is 21.7. The van der Waals surface area contributed by atoms with Crippen LogP contribution in [0.4, 0.5) is 0 Å². The Balaban J connectivity index is 2.26. The maximum atomic E-state index is 12.9. The normalized spacial score (nSPS) is 14.8. The lowest BCUT2D eigenvalue weighted by atomic mass is 9.87. The van der Waals surface area contributed by atoms with Crippen molar-refractivity contribution in [1.82, 2.24) is 9.88 Å². The molecule has 1 amide bonds. The predicted octanol–water partition coefficient (Wildman–Crippen LogP) is 2.86. The van der Waals surface area contributed by atoms with Gasteiger partial charge in [0.15, 0.2) is 0 Å². The van der Waals surface area contributed by atoms with Gasteiger partial charge in [-0.1, -0.05) is 32.9 Å². The quantitative estimate of drug-likeness (QED) is 0.685. The number of hydrogen-bond acceptors (Lipinski definition) is 4. The molecular weight excluding hydrogens is 354 g/mol. The Morgan fingerprint density at radius 2 is 1.86 bits per heavy atom. The summed E-state index contributed by atoms with van der Waals surface area (Å²) in [5, 5.41) is 31.4. The van der Waals surface area contributed by atoms with Gasteiger partial charge >= 0.3 is 0 Å². The second-order valence-electron chi connectivity index (χ2n) is 8.25. The molecule has 3 N–H and O–H groups in total. The van der Waals surface area contributed by atoms with Crippen LogP contribution < -0.4 is 5.32 Å². The highest BCUT2D eigenvalue weighted by Crippen LogP contribution is 2.25. The SMILES string of the molecule is CC(O)CC(C(=O)NC(CO)C(C)(C)C)n1ccc(-c2ccc(C#N)cc2)c1. The number of aliphatic hydroxyl groups excluding tert-OH is 2. The number of amides is 1. The summed E-state index contributed by atoms with van der Waals surface area (Å²) in [6.45, 7) is 7.36. The molecule has 6 heteroatoms. The van der Waals surface area contributed by atoms with Gasteiger partial charge in [-0.2, -0.15) is 5.26 Å². The Bertz CT molecular complexity index is 826. The minimum Gasteiger partial charge on any atom is -0.394 e. The first-order valence-corrected chi connectivity index (χ1v) is 9.43. The molecule has 2 rings (SSSR count). The Morgan fingerprint density at radius 1 is 1.21 bits per heavy atom. The van der Waals surface area contributed by atoms with Gasteiger partial charge in [-0.25, -0.2) is 0 Å². The number of rotatable bonds is 7. The standard InChI is InChI=1S/C22H29N3O3/c1-15(27)11-19(21(28)24-20(14-26)22(2,3)4)25-10-9-18(13-25)17-7-5-16(12-23)6-8-17/h5-10,13,15,19-20,26-27H,11,14H2,1-4H3,(H,24,28). The first-order valence-electron chi connectivity index (χ1n) is 9.43. The molecule has 6 nitrogen and oxygen atoms in total. The fraction of sp³-hybridized carbons (Fsp3) is 0.455. The third kappa shape index (κ3) is 5.44. The molecule has 0 spiro atoms. The Labute approximate surface area is 166 Å². The molecule has 0 aliphatic rings. The molecule has 1 heterocycles. The molecule has 150 valence electrons. The number of carbonyl (C=O) groups is 1. The fourth-order valence-corrected chi connectivity index (χ4v) is 3.01. The van der Waals surface area contributed by atoms with Gasteiger partial charge in [0.1, 0.15) is 6.04 Å². The molecule has 0 bridgehead atoms. The van der Waals surface area contributed by atoms with Crippen LogP contribution in [0.5, 0.6) is 0 Å². The van der Waals surface area contributed by atoms with Crippen molar-refractivity contribution in [3.8, 4) is 17.2 Å². The molecule has 1 aromatic heterocycles. The highest BCUT2D eigenvalue weighted by molar-refractivity contribution is 5.81. The van der Waals surface area contributed by atoms with Crippen LogP contribution in [-0.2, 0) is 4.79 Å². The molecule has 3 unspecified atom stereocenters. The smallest absolute Gasteiger partial charge is 0.243 e. The predicted molar refractivity (Wildman–Crippen MR) is 108 cm³/mol. The molecule has 0 aliphatic heterocycles. The van der Waals surface area contributed by atoms with Crippen LogP contribution in [0.15, 0.2) is 42.7 Å². The Morgan fingerprint density at radius 3 is 2.36 bits per heavy atom. The second-order valence-corrected chi connectivity index (χ2v) is 8.25. The van der Waals surface area contributed by atoms with Crippen molar-refractivity contribution >= 4 is 5.91 Å². The summed E-state index contributed by atoms with van der Waals surface area (Å²) < 4.78 is 1.78. The van der Waals surface area contributed by atoms with E-state index in [1.165, 1.54) is 0 Å². The number of nitrogens with one attached hydrogen (secondary N) is 1. The van der Waals surface area contributed by atoms with E-state index in [2.05, 4.69) is 11.4 Å². The van der Waals surface area contributed by atoms with Crippen molar-refractivity contribution < 1.29 is 15.0 Å². The zero-order valence-corrected chi connectivity index (χ0v) is 16.9. The number of nitrogens with zero attached hydrogens (tertiary/aromatic N) is 2. The molecule has 0 saturated heterocycles. The number of carbonyl (C=O) groups excluding carboxylic acids is 1. The largest absolute Gasteiger partial charge is 0.394 e. The summed E-state index contributed by atoms with van der Waals surface area (Å²) in [6.07, 6.45) is 3.28. The Hall–Kier alpha value is -2.62. The lowest BCUT2D eigenvalue weighted by Crippen LogP contribution is -2.48. The van der Waals surface area contributed by atoms with Crippen molar-refractivity contribution in [2.75, 3.05) is 6.61 Å². The summed E-state index contributed by atoms with van der Waals surface area (Å²) in [5.41, 5.74) is 2.16. The third-order valence-corrected chi connectivity index (χ3v) is 4.83. The first-order chi connectivity index (χ1) is 13.2. The summed E-state index contributed by atoms with van der Waals surface area (Å²) in [7, 11) is 0. The Kier molecular flexibility index (Phi) is 7.00. The van der Waals surface area contributed by atoms with Crippen molar-refractivity contribution in [3.63, 3.8) is 0 Å². The highest BCUT2D eigenvalue weighted by Gasteiger charge is 2.30. The summed E-state index contributed by atoms with van der Waals surface area (Å²) >= 11 is 0. The highest BCUT2D eigenvalue weighted by atomic mass is 16.3. The fourth-order valence-electron chi connectivity index (χ4n) is 3.01. The van der Waals surface area contributed by atoms with Crippen LogP contribution >= 0.6 is 0 Å². The van der Waals surface area contributed by atoms with Crippen LogP contribution in [0.3, 0.4) is 0 Å². The van der Waals surface area contributed by atoms with Crippen LogP contribution in [0.25, 0.3) is 11.1 Å². The van der Waals surface area contributed by atoms with Crippen LogP contribution in [0.2, 0.25) is 0 Å². The summed E-state index contributed by atoms with van der Waals surface area (Å²) in [6, 6.07) is 10.2. The van der Waals surface area contributed by atoms with Crippen molar-refractivity contribution in [2.24, 2.45) is 5.41 Å². The van der Waals surface area contributed by atoms with Gasteiger partial charge in [0.2, 0.25) is 5.91 Å². The lowest BCUT2D eigenvalue weighted by Gasteiger charge is -2.32. The van der Waals surface area contributed by atoms with Crippen molar-refractivity contribution in [3.05, 3.63) is 48.3 Å². The number of nitriles is 1. The molecular formula is C22H29N3O3. The molecule has 1 aromatic carbocycles. The number of hydrogen-bond donors (Lipinski definition) is 3. The van der Waals surface area contributed by atoms with Crippen molar-refractivity contribution in [2.45, 2.75) is 52.3 Å². The van der Waals surface area contributed by atoms with Crippen LogP contribution in [0, 0.1) is 16.7 Å². The second kappa shape index (κ2) is 9.05. The van der Waals surface area contributed by atoms with E-state index in [0.717, 1.165) is 11.1 Å². The topological polar surface area (TPSA) is 98.3 Å². The van der Waals surface area contributed by atoms with Gasteiger partial charge < -0.3 is 20.1 Å². The van der Waals surface area contributed by atoms with E-state index in [-0.39, 0.29) is 30.4 Å².